The maximum absolute atomic E-state index is 13.1. The number of aliphatic hydroxyl groups is 5. The van der Waals surface area contributed by atoms with Crippen LogP contribution in [0.25, 0.3) is 0 Å². The number of hydrogen-bond acceptors (Lipinski definition) is 8. The minimum Gasteiger partial charge on any atom is -0.394 e. The molecule has 1 heterocycles. The zero-order chi connectivity index (χ0) is 52.9. The number of aliphatic hydroxyl groups excluding tert-OH is 5. The van der Waals surface area contributed by atoms with Crippen LogP contribution in [-0.4, -0.2) is 87.5 Å². The van der Waals surface area contributed by atoms with Crippen LogP contribution in [0.15, 0.2) is 97.2 Å². The van der Waals surface area contributed by atoms with E-state index in [2.05, 4.69) is 104 Å². The van der Waals surface area contributed by atoms with E-state index in [1.807, 2.05) is 6.08 Å². The quantitative estimate of drug-likeness (QED) is 0.0261. The minimum atomic E-state index is -1.58. The van der Waals surface area contributed by atoms with Crippen molar-refractivity contribution in [1.29, 1.82) is 0 Å². The average Bonchev–Trinajstić information content (AvgIpc) is 3.39. The highest BCUT2D eigenvalue weighted by atomic mass is 16.7. The van der Waals surface area contributed by atoms with Gasteiger partial charge in [-0.15, -0.1) is 0 Å². The molecule has 1 amide bonds. The Hall–Kier alpha value is -2.89. The summed E-state index contributed by atoms with van der Waals surface area (Å²) in [6.07, 6.45) is 69.0. The van der Waals surface area contributed by atoms with E-state index < -0.39 is 49.5 Å². The Kier molecular flexibility index (Phi) is 49.0. The zero-order valence-electron chi connectivity index (χ0n) is 46.6. The molecular weight excluding hydrogens is 911 g/mol. The van der Waals surface area contributed by atoms with Gasteiger partial charge in [-0.25, -0.2) is 0 Å². The van der Waals surface area contributed by atoms with Gasteiger partial charge in [0, 0.05) is 6.42 Å². The molecule has 0 aromatic carbocycles. The molecule has 0 spiro atoms. The SMILES string of the molecule is CC/C=C\C/C=C\C/C=C\C/C=C\C/C=C\CCCCCCCCCCCCCC(=O)NC(COC1OC(CO)C(O)C(O)C1O)C(O)/C=C/CC/C=C/CC/C=C/CCCCCCCCCCCCCCC. The molecule has 1 aliphatic heterocycles. The van der Waals surface area contributed by atoms with Gasteiger partial charge in [0.2, 0.25) is 5.91 Å². The lowest BCUT2D eigenvalue weighted by Gasteiger charge is -2.40. The van der Waals surface area contributed by atoms with Crippen molar-refractivity contribution in [1.82, 2.24) is 5.32 Å². The number of rotatable bonds is 50. The van der Waals surface area contributed by atoms with Crippen LogP contribution in [0.3, 0.4) is 0 Å². The van der Waals surface area contributed by atoms with Gasteiger partial charge in [-0.05, 0) is 89.9 Å². The fourth-order valence-corrected chi connectivity index (χ4v) is 8.92. The fraction of sp³-hybridized carbons (Fsp3) is 0.734. The highest BCUT2D eigenvalue weighted by Crippen LogP contribution is 2.23. The molecule has 0 bridgehead atoms. The number of ether oxygens (including phenoxy) is 2. The molecule has 7 unspecified atom stereocenters. The highest BCUT2D eigenvalue weighted by molar-refractivity contribution is 5.76. The van der Waals surface area contributed by atoms with E-state index in [1.54, 1.807) is 6.08 Å². The minimum absolute atomic E-state index is 0.197. The predicted octanol–water partition coefficient (Wildman–Crippen LogP) is 15.2. The topological polar surface area (TPSA) is 149 Å². The first kappa shape index (κ1) is 68.1. The van der Waals surface area contributed by atoms with E-state index in [9.17, 15) is 30.3 Å². The van der Waals surface area contributed by atoms with Gasteiger partial charge in [0.1, 0.15) is 24.4 Å². The number of hydrogen-bond donors (Lipinski definition) is 6. The summed E-state index contributed by atoms with van der Waals surface area (Å²) in [6.45, 7) is 3.65. The monoisotopic (exact) mass is 1020 g/mol. The largest absolute Gasteiger partial charge is 0.394 e. The van der Waals surface area contributed by atoms with Crippen LogP contribution >= 0.6 is 0 Å². The van der Waals surface area contributed by atoms with E-state index in [-0.39, 0.29) is 12.5 Å². The van der Waals surface area contributed by atoms with Crippen LogP contribution in [-0.2, 0) is 14.3 Å². The number of allylic oxidation sites excluding steroid dienone is 15. The maximum Gasteiger partial charge on any atom is 0.220 e. The second-order valence-electron chi connectivity index (χ2n) is 20.4. The molecule has 0 aliphatic carbocycles. The first-order valence-corrected chi connectivity index (χ1v) is 30.0. The van der Waals surface area contributed by atoms with Gasteiger partial charge in [-0.3, -0.25) is 4.79 Å². The van der Waals surface area contributed by atoms with Crippen molar-refractivity contribution in [2.45, 2.75) is 288 Å². The molecule has 7 atom stereocenters. The Labute approximate surface area is 447 Å². The van der Waals surface area contributed by atoms with Crippen molar-refractivity contribution in [2.24, 2.45) is 0 Å². The Morgan fingerprint density at radius 3 is 1.32 bits per heavy atom. The molecule has 1 fully saturated rings. The third-order valence-corrected chi connectivity index (χ3v) is 13.6. The lowest BCUT2D eigenvalue weighted by atomic mass is 9.99. The summed E-state index contributed by atoms with van der Waals surface area (Å²) in [5.41, 5.74) is 0. The first-order chi connectivity index (χ1) is 35.8. The van der Waals surface area contributed by atoms with Crippen LogP contribution in [0.2, 0.25) is 0 Å². The van der Waals surface area contributed by atoms with Crippen molar-refractivity contribution < 1.29 is 39.8 Å². The molecule has 420 valence electrons. The van der Waals surface area contributed by atoms with Crippen LogP contribution in [0.1, 0.15) is 245 Å². The third kappa shape index (κ3) is 42.0. The van der Waals surface area contributed by atoms with Crippen molar-refractivity contribution in [3.8, 4) is 0 Å². The molecule has 73 heavy (non-hydrogen) atoms. The van der Waals surface area contributed by atoms with Gasteiger partial charge >= 0.3 is 0 Å². The van der Waals surface area contributed by atoms with E-state index in [0.717, 1.165) is 89.9 Å². The molecule has 9 nitrogen and oxygen atoms in total. The van der Waals surface area contributed by atoms with E-state index in [0.29, 0.717) is 6.42 Å². The Morgan fingerprint density at radius 1 is 0.479 bits per heavy atom. The molecule has 0 aromatic heterocycles. The number of amides is 1. The van der Waals surface area contributed by atoms with Gasteiger partial charge in [0.25, 0.3) is 0 Å². The Bertz CT molecular complexity index is 1460. The van der Waals surface area contributed by atoms with Gasteiger partial charge in [-0.1, -0.05) is 246 Å². The van der Waals surface area contributed by atoms with Crippen LogP contribution < -0.4 is 5.32 Å². The summed E-state index contributed by atoms with van der Waals surface area (Å²) < 4.78 is 11.3. The second kappa shape index (κ2) is 52.5. The van der Waals surface area contributed by atoms with E-state index >= 15 is 0 Å². The molecule has 1 rings (SSSR count). The van der Waals surface area contributed by atoms with Gasteiger partial charge in [0.05, 0.1) is 25.4 Å². The molecular formula is C64H111NO8. The number of nitrogens with one attached hydrogen (secondary N) is 1. The van der Waals surface area contributed by atoms with Crippen molar-refractivity contribution in [3.63, 3.8) is 0 Å². The molecule has 0 saturated carbocycles. The van der Waals surface area contributed by atoms with Crippen LogP contribution in [0.5, 0.6) is 0 Å². The highest BCUT2D eigenvalue weighted by Gasteiger charge is 2.44. The van der Waals surface area contributed by atoms with Crippen molar-refractivity contribution in [3.05, 3.63) is 97.2 Å². The molecule has 0 aromatic rings. The van der Waals surface area contributed by atoms with E-state index in [1.165, 1.54) is 135 Å². The van der Waals surface area contributed by atoms with Gasteiger partial charge in [0.15, 0.2) is 6.29 Å². The molecule has 0 radical (unpaired) electrons. The predicted molar refractivity (Wildman–Crippen MR) is 308 cm³/mol. The number of carbonyl (C=O) groups excluding carboxylic acids is 1. The summed E-state index contributed by atoms with van der Waals surface area (Å²) in [5, 5.41) is 54.5. The molecule has 6 N–H and O–H groups in total. The maximum atomic E-state index is 13.1. The van der Waals surface area contributed by atoms with Crippen LogP contribution in [0.4, 0.5) is 0 Å². The standard InChI is InChI=1S/C64H111NO8/c1-3-5-7-9-11-13-15-17-19-21-23-25-27-28-29-30-32-34-36-38-40-42-44-46-48-50-52-54-60(68)65-57(56-72-64-63(71)62(70)61(69)59(55-66)73-64)58(67)53-51-49-47-45-43-41-39-37-35-33-31-26-24-22-20-18-16-14-12-10-8-6-4-2/h5,7,11,13,17,19,23,25,28-29,35,37,43,45,51,53,57-59,61-64,66-67,69-71H,3-4,6,8-10,12,14-16,18,20-22,24,26-27,30-34,36,38-42,44,46-50,52,54-56H2,1-2H3,(H,65,68)/b7-5-,13-11-,19-17-,25-23-,29-28-,37-35+,45-43+,53-51+. The summed E-state index contributed by atoms with van der Waals surface area (Å²) in [6, 6.07) is -0.837. The Balaban J connectivity index is 2.26. The normalized spacial score (nSPS) is 19.8. The summed E-state index contributed by atoms with van der Waals surface area (Å²) in [5.74, 6) is -0.197. The molecule has 1 saturated heterocycles. The third-order valence-electron chi connectivity index (χ3n) is 13.6. The summed E-state index contributed by atoms with van der Waals surface area (Å²) in [7, 11) is 0. The van der Waals surface area contributed by atoms with Crippen LogP contribution in [0, 0.1) is 0 Å². The molecule has 1 aliphatic rings. The Morgan fingerprint density at radius 2 is 0.863 bits per heavy atom. The van der Waals surface area contributed by atoms with E-state index in [4.69, 9.17) is 9.47 Å². The summed E-state index contributed by atoms with van der Waals surface area (Å²) >= 11 is 0. The zero-order valence-corrected chi connectivity index (χ0v) is 46.6. The fourth-order valence-electron chi connectivity index (χ4n) is 8.92. The van der Waals surface area contributed by atoms with Gasteiger partial charge < -0.3 is 40.3 Å². The number of carbonyl (C=O) groups is 1. The smallest absolute Gasteiger partial charge is 0.220 e. The lowest BCUT2D eigenvalue weighted by molar-refractivity contribution is -0.302. The molecule has 9 heteroatoms. The van der Waals surface area contributed by atoms with Gasteiger partial charge in [-0.2, -0.15) is 0 Å². The number of unbranched alkanes of at least 4 members (excludes halogenated alkanes) is 26. The van der Waals surface area contributed by atoms with Crippen molar-refractivity contribution >= 4 is 5.91 Å². The van der Waals surface area contributed by atoms with Crippen molar-refractivity contribution in [2.75, 3.05) is 13.2 Å². The average molecular weight is 1020 g/mol. The first-order valence-electron chi connectivity index (χ1n) is 30.0. The second-order valence-corrected chi connectivity index (χ2v) is 20.4. The lowest BCUT2D eigenvalue weighted by Crippen LogP contribution is -2.60. The summed E-state index contributed by atoms with van der Waals surface area (Å²) in [4.78, 5) is 13.1.